The van der Waals surface area contributed by atoms with Crippen molar-refractivity contribution in [3.63, 3.8) is 0 Å². The Kier molecular flexibility index (Phi) is 4.85. The number of carboxylic acid groups (broad SMARTS) is 1. The monoisotopic (exact) mass is 335 g/mol. The van der Waals surface area contributed by atoms with Crippen molar-refractivity contribution in [2.75, 3.05) is 6.54 Å². The highest BCUT2D eigenvalue weighted by atomic mass is 35.5. The maximum absolute atomic E-state index is 13.6. The molecule has 0 heterocycles. The SMILES string of the molecule is O=C(O)c1cc(S(=O)(=O)NCC2CCCC2)cc(F)c1Cl. The summed E-state index contributed by atoms with van der Waals surface area (Å²) in [5.74, 6) is -2.28. The summed E-state index contributed by atoms with van der Waals surface area (Å²) in [6, 6.07) is 1.59. The molecular formula is C13H15ClFNO4S. The summed E-state index contributed by atoms with van der Waals surface area (Å²) in [5.41, 5.74) is -0.571. The minimum atomic E-state index is -3.96. The lowest BCUT2D eigenvalue weighted by Crippen LogP contribution is -2.28. The largest absolute Gasteiger partial charge is 0.478 e. The summed E-state index contributed by atoms with van der Waals surface area (Å²) in [5, 5.41) is 8.32. The lowest BCUT2D eigenvalue weighted by Gasteiger charge is -2.12. The van der Waals surface area contributed by atoms with Crippen LogP contribution in [0.4, 0.5) is 4.39 Å². The van der Waals surface area contributed by atoms with E-state index in [9.17, 15) is 17.6 Å². The second-order valence-electron chi connectivity index (χ2n) is 5.07. The van der Waals surface area contributed by atoms with Gasteiger partial charge in [-0.2, -0.15) is 0 Å². The van der Waals surface area contributed by atoms with Crippen LogP contribution in [-0.4, -0.2) is 26.0 Å². The third-order valence-electron chi connectivity index (χ3n) is 3.58. The number of rotatable bonds is 5. The average molecular weight is 336 g/mol. The number of carbonyl (C=O) groups is 1. The first kappa shape index (κ1) is 16.2. The Morgan fingerprint density at radius 2 is 2.00 bits per heavy atom. The third-order valence-corrected chi connectivity index (χ3v) is 5.37. The van der Waals surface area contributed by atoms with Crippen molar-refractivity contribution >= 4 is 27.6 Å². The third kappa shape index (κ3) is 3.72. The van der Waals surface area contributed by atoms with Crippen molar-refractivity contribution in [1.29, 1.82) is 0 Å². The van der Waals surface area contributed by atoms with E-state index in [0.29, 0.717) is 0 Å². The Morgan fingerprint density at radius 1 is 1.38 bits per heavy atom. The molecule has 116 valence electrons. The van der Waals surface area contributed by atoms with Gasteiger partial charge >= 0.3 is 5.97 Å². The van der Waals surface area contributed by atoms with Crippen molar-refractivity contribution < 1.29 is 22.7 Å². The van der Waals surface area contributed by atoms with Gasteiger partial charge in [-0.25, -0.2) is 22.3 Å². The normalized spacial score (nSPS) is 16.3. The molecule has 0 aromatic heterocycles. The van der Waals surface area contributed by atoms with E-state index in [2.05, 4.69) is 4.72 Å². The molecule has 5 nitrogen and oxygen atoms in total. The maximum atomic E-state index is 13.6. The van der Waals surface area contributed by atoms with Gasteiger partial charge in [-0.05, 0) is 30.9 Å². The highest BCUT2D eigenvalue weighted by molar-refractivity contribution is 7.89. The number of hydrogen-bond donors (Lipinski definition) is 2. The molecule has 0 aliphatic heterocycles. The molecule has 8 heteroatoms. The Hall–Kier alpha value is -1.18. The fraction of sp³-hybridized carbons (Fsp3) is 0.462. The van der Waals surface area contributed by atoms with Crippen LogP contribution in [0.2, 0.25) is 5.02 Å². The van der Waals surface area contributed by atoms with E-state index >= 15 is 0 Å². The van der Waals surface area contributed by atoms with Crippen LogP contribution in [0.25, 0.3) is 0 Å². The summed E-state index contributed by atoms with van der Waals surface area (Å²) < 4.78 is 40.2. The number of carboxylic acids is 1. The second kappa shape index (κ2) is 6.29. The predicted molar refractivity (Wildman–Crippen MR) is 75.5 cm³/mol. The summed E-state index contributed by atoms with van der Waals surface area (Å²) in [6.45, 7) is 0.273. The first-order valence-corrected chi connectivity index (χ1v) is 8.39. The van der Waals surface area contributed by atoms with E-state index in [1.807, 2.05) is 0 Å². The first-order valence-electron chi connectivity index (χ1n) is 6.53. The van der Waals surface area contributed by atoms with E-state index in [4.69, 9.17) is 16.7 Å². The standard InChI is InChI=1S/C13H15ClFNO4S/c14-12-10(13(17)18)5-9(6-11(12)15)21(19,20)16-7-8-3-1-2-4-8/h5-6,8,16H,1-4,7H2,(H,17,18). The van der Waals surface area contributed by atoms with Gasteiger partial charge < -0.3 is 5.11 Å². The summed E-state index contributed by atoms with van der Waals surface area (Å²) in [7, 11) is -3.96. The van der Waals surface area contributed by atoms with Crippen LogP contribution in [0.15, 0.2) is 17.0 Å². The van der Waals surface area contributed by atoms with Crippen LogP contribution in [0.5, 0.6) is 0 Å². The molecule has 0 amide bonds. The predicted octanol–water partition coefficient (Wildman–Crippen LogP) is 2.65. The Morgan fingerprint density at radius 3 is 2.57 bits per heavy atom. The minimum absolute atomic E-state index is 0.273. The van der Waals surface area contributed by atoms with Gasteiger partial charge in [-0.1, -0.05) is 24.4 Å². The van der Waals surface area contributed by atoms with E-state index in [0.717, 1.165) is 37.8 Å². The molecule has 1 aliphatic carbocycles. The lowest BCUT2D eigenvalue weighted by atomic mass is 10.1. The number of halogens is 2. The van der Waals surface area contributed by atoms with E-state index in [1.165, 1.54) is 0 Å². The van der Waals surface area contributed by atoms with Gasteiger partial charge in [0, 0.05) is 6.54 Å². The van der Waals surface area contributed by atoms with Crippen molar-refractivity contribution in [1.82, 2.24) is 4.72 Å². The Bertz CT molecular complexity index is 656. The van der Waals surface area contributed by atoms with Crippen LogP contribution < -0.4 is 4.72 Å². The van der Waals surface area contributed by atoms with Crippen molar-refractivity contribution in [2.45, 2.75) is 30.6 Å². The highest BCUT2D eigenvalue weighted by Gasteiger charge is 2.23. The minimum Gasteiger partial charge on any atom is -0.478 e. The molecule has 1 aromatic rings. The molecule has 1 saturated carbocycles. The maximum Gasteiger partial charge on any atom is 0.337 e. The van der Waals surface area contributed by atoms with Gasteiger partial charge in [0.25, 0.3) is 0 Å². The first-order chi connectivity index (χ1) is 9.81. The van der Waals surface area contributed by atoms with E-state index in [1.54, 1.807) is 0 Å². The van der Waals surface area contributed by atoms with E-state index in [-0.39, 0.29) is 12.5 Å². The van der Waals surface area contributed by atoms with Crippen molar-refractivity contribution in [3.8, 4) is 0 Å². The molecule has 2 N–H and O–H groups in total. The molecule has 0 unspecified atom stereocenters. The zero-order chi connectivity index (χ0) is 15.6. The molecule has 0 spiro atoms. The molecule has 0 bridgehead atoms. The summed E-state index contributed by atoms with van der Waals surface area (Å²) >= 11 is 5.52. The molecule has 0 radical (unpaired) electrons. The topological polar surface area (TPSA) is 83.5 Å². The number of hydrogen-bond acceptors (Lipinski definition) is 3. The Labute approximate surface area is 127 Å². The second-order valence-corrected chi connectivity index (χ2v) is 7.22. The van der Waals surface area contributed by atoms with Crippen molar-refractivity contribution in [2.24, 2.45) is 5.92 Å². The molecule has 1 aliphatic rings. The van der Waals surface area contributed by atoms with Gasteiger partial charge in [0.05, 0.1) is 15.5 Å². The number of benzene rings is 1. The van der Waals surface area contributed by atoms with Gasteiger partial charge in [0.1, 0.15) is 5.82 Å². The summed E-state index contributed by atoms with van der Waals surface area (Å²) in [4.78, 5) is 10.5. The molecule has 1 aromatic carbocycles. The van der Waals surface area contributed by atoms with Gasteiger partial charge in [0.2, 0.25) is 10.0 Å². The quantitative estimate of drug-likeness (QED) is 0.866. The molecule has 21 heavy (non-hydrogen) atoms. The smallest absolute Gasteiger partial charge is 0.337 e. The van der Waals surface area contributed by atoms with Crippen LogP contribution in [0.3, 0.4) is 0 Å². The molecule has 0 saturated heterocycles. The van der Waals surface area contributed by atoms with Crippen LogP contribution >= 0.6 is 11.6 Å². The molecular weight excluding hydrogens is 321 g/mol. The van der Waals surface area contributed by atoms with Crippen LogP contribution in [0.1, 0.15) is 36.0 Å². The van der Waals surface area contributed by atoms with E-state index < -0.39 is 37.3 Å². The number of aromatic carboxylic acids is 1. The Balaban J connectivity index is 2.24. The molecule has 2 rings (SSSR count). The number of nitrogens with one attached hydrogen (secondary N) is 1. The molecule has 1 fully saturated rings. The zero-order valence-corrected chi connectivity index (χ0v) is 12.7. The fourth-order valence-corrected chi connectivity index (χ4v) is 3.74. The van der Waals surface area contributed by atoms with Gasteiger partial charge in [-0.3, -0.25) is 0 Å². The average Bonchev–Trinajstić information content (AvgIpc) is 2.92. The van der Waals surface area contributed by atoms with Crippen molar-refractivity contribution in [3.05, 3.63) is 28.5 Å². The van der Waals surface area contributed by atoms with Crippen LogP contribution in [0, 0.1) is 11.7 Å². The number of sulfonamides is 1. The lowest BCUT2D eigenvalue weighted by molar-refractivity contribution is 0.0696. The fourth-order valence-electron chi connectivity index (χ4n) is 2.40. The van der Waals surface area contributed by atoms with Gasteiger partial charge in [-0.15, -0.1) is 0 Å². The highest BCUT2D eigenvalue weighted by Crippen LogP contribution is 2.26. The van der Waals surface area contributed by atoms with Gasteiger partial charge in [0.15, 0.2) is 0 Å². The van der Waals surface area contributed by atoms with Crippen LogP contribution in [-0.2, 0) is 10.0 Å². The summed E-state index contributed by atoms with van der Waals surface area (Å²) in [6.07, 6.45) is 4.06. The molecule has 0 atom stereocenters. The zero-order valence-electron chi connectivity index (χ0n) is 11.1.